The molecule has 0 aromatic heterocycles. The molecule has 21 heavy (non-hydrogen) atoms. The van der Waals surface area contributed by atoms with E-state index in [0.717, 1.165) is 6.92 Å². The van der Waals surface area contributed by atoms with Crippen molar-refractivity contribution in [2.45, 2.75) is 25.1 Å². The van der Waals surface area contributed by atoms with Gasteiger partial charge in [-0.2, -0.15) is 13.2 Å². The van der Waals surface area contributed by atoms with E-state index in [4.69, 9.17) is 15.2 Å². The molecular weight excluding hydrogens is 285 g/mol. The highest BCUT2D eigenvalue weighted by Crippen LogP contribution is 2.46. The molecule has 4 nitrogen and oxygen atoms in total. The summed E-state index contributed by atoms with van der Waals surface area (Å²) < 4.78 is 49.7. The van der Waals surface area contributed by atoms with Crippen LogP contribution in [0, 0.1) is 0 Å². The Morgan fingerprint density at radius 2 is 1.90 bits per heavy atom. The number of hydrogen-bond donors (Lipinski definition) is 1. The summed E-state index contributed by atoms with van der Waals surface area (Å²) in [5, 5.41) is 0. The molecular formula is C14H17F3N2O2. The van der Waals surface area contributed by atoms with Crippen LogP contribution in [0.3, 0.4) is 0 Å². The van der Waals surface area contributed by atoms with E-state index in [1.54, 1.807) is 12.1 Å². The number of morpholine rings is 1. The van der Waals surface area contributed by atoms with Gasteiger partial charge in [0.05, 0.1) is 24.6 Å². The second-order valence-electron chi connectivity index (χ2n) is 5.63. The van der Waals surface area contributed by atoms with Gasteiger partial charge in [-0.25, -0.2) is 0 Å². The standard InChI is InChI=1S/C14H17F3N2O2/c1-13(14(15,16)17)8-9-6-10(18)11(7-12(9)21-13)19-2-4-20-5-3-19/h6-7H,2-5,8,18H2,1H3. The van der Waals surface area contributed by atoms with Crippen molar-refractivity contribution >= 4 is 11.4 Å². The highest BCUT2D eigenvalue weighted by Gasteiger charge is 2.56. The minimum absolute atomic E-state index is 0.209. The van der Waals surface area contributed by atoms with Crippen molar-refractivity contribution in [1.29, 1.82) is 0 Å². The van der Waals surface area contributed by atoms with E-state index in [2.05, 4.69) is 0 Å². The van der Waals surface area contributed by atoms with E-state index in [0.29, 0.717) is 43.2 Å². The molecule has 1 aromatic rings. The number of anilines is 2. The van der Waals surface area contributed by atoms with E-state index < -0.39 is 11.8 Å². The van der Waals surface area contributed by atoms with Crippen LogP contribution >= 0.6 is 0 Å². The molecule has 0 aliphatic carbocycles. The molecule has 2 heterocycles. The summed E-state index contributed by atoms with van der Waals surface area (Å²) in [7, 11) is 0. The summed E-state index contributed by atoms with van der Waals surface area (Å²) in [6.45, 7) is 3.56. The molecule has 1 atom stereocenters. The molecule has 2 aliphatic heterocycles. The predicted molar refractivity (Wildman–Crippen MR) is 72.7 cm³/mol. The third-order valence-electron chi connectivity index (χ3n) is 4.02. The summed E-state index contributed by atoms with van der Waals surface area (Å²) in [6, 6.07) is 3.21. The lowest BCUT2D eigenvalue weighted by molar-refractivity contribution is -0.235. The summed E-state index contributed by atoms with van der Waals surface area (Å²) >= 11 is 0. The van der Waals surface area contributed by atoms with Crippen molar-refractivity contribution in [3.8, 4) is 5.75 Å². The molecule has 116 valence electrons. The number of fused-ring (bicyclic) bond motifs is 1. The summed E-state index contributed by atoms with van der Waals surface area (Å²) in [5.74, 6) is 0.269. The van der Waals surface area contributed by atoms with Gasteiger partial charge in [-0.05, 0) is 13.0 Å². The summed E-state index contributed by atoms with van der Waals surface area (Å²) in [5.41, 5.74) is 5.52. The van der Waals surface area contributed by atoms with Crippen LogP contribution < -0.4 is 15.4 Å². The molecule has 3 rings (SSSR count). The predicted octanol–water partition coefficient (Wildman–Crippen LogP) is 2.36. The number of hydrogen-bond acceptors (Lipinski definition) is 4. The van der Waals surface area contributed by atoms with E-state index in [1.807, 2.05) is 4.90 Å². The van der Waals surface area contributed by atoms with E-state index in [1.165, 1.54) is 0 Å². The molecule has 1 saturated heterocycles. The average molecular weight is 302 g/mol. The van der Waals surface area contributed by atoms with E-state index in [-0.39, 0.29) is 12.2 Å². The van der Waals surface area contributed by atoms with Gasteiger partial charge in [0.25, 0.3) is 0 Å². The fourth-order valence-electron chi connectivity index (χ4n) is 2.74. The Balaban J connectivity index is 1.92. The highest BCUT2D eigenvalue weighted by molar-refractivity contribution is 5.72. The minimum Gasteiger partial charge on any atom is -0.477 e. The first-order chi connectivity index (χ1) is 9.80. The van der Waals surface area contributed by atoms with E-state index in [9.17, 15) is 13.2 Å². The number of nitrogen functional groups attached to an aromatic ring is 1. The molecule has 0 radical (unpaired) electrons. The first-order valence-corrected chi connectivity index (χ1v) is 6.81. The Bertz CT molecular complexity index is 556. The van der Waals surface area contributed by atoms with Crippen molar-refractivity contribution in [1.82, 2.24) is 0 Å². The monoisotopic (exact) mass is 302 g/mol. The molecule has 1 fully saturated rings. The fraction of sp³-hybridized carbons (Fsp3) is 0.571. The summed E-state index contributed by atoms with van der Waals surface area (Å²) in [6.07, 6.45) is -4.63. The van der Waals surface area contributed by atoms with Crippen molar-refractivity contribution < 1.29 is 22.6 Å². The Morgan fingerprint density at radius 1 is 1.24 bits per heavy atom. The molecule has 0 bridgehead atoms. The number of benzene rings is 1. The van der Waals surface area contributed by atoms with Crippen LogP contribution in [0.25, 0.3) is 0 Å². The van der Waals surface area contributed by atoms with E-state index >= 15 is 0 Å². The van der Waals surface area contributed by atoms with Gasteiger partial charge in [0.15, 0.2) is 0 Å². The third-order valence-corrected chi connectivity index (χ3v) is 4.02. The van der Waals surface area contributed by atoms with Gasteiger partial charge in [-0.15, -0.1) is 0 Å². The first-order valence-electron chi connectivity index (χ1n) is 6.81. The second kappa shape index (κ2) is 4.69. The molecule has 1 unspecified atom stereocenters. The first kappa shape index (κ1) is 14.3. The quantitative estimate of drug-likeness (QED) is 0.809. The van der Waals surface area contributed by atoms with Crippen LogP contribution in [0.2, 0.25) is 0 Å². The van der Waals surface area contributed by atoms with Crippen LogP contribution in [0.1, 0.15) is 12.5 Å². The normalized spacial score (nSPS) is 25.6. The minimum atomic E-state index is -4.42. The topological polar surface area (TPSA) is 47.7 Å². The maximum absolute atomic E-state index is 13.1. The highest BCUT2D eigenvalue weighted by atomic mass is 19.4. The SMILES string of the molecule is CC1(C(F)(F)F)Cc2cc(N)c(N3CCOCC3)cc2O1. The van der Waals surface area contributed by atoms with Gasteiger partial charge in [0, 0.05) is 31.1 Å². The lowest BCUT2D eigenvalue weighted by atomic mass is 9.98. The van der Waals surface area contributed by atoms with Crippen molar-refractivity contribution in [2.75, 3.05) is 36.9 Å². The Labute approximate surface area is 120 Å². The van der Waals surface area contributed by atoms with Crippen LogP contribution in [0.5, 0.6) is 5.75 Å². The molecule has 2 aliphatic rings. The summed E-state index contributed by atoms with van der Waals surface area (Å²) in [4.78, 5) is 2.01. The number of halogens is 3. The van der Waals surface area contributed by atoms with Gasteiger partial charge >= 0.3 is 6.18 Å². The smallest absolute Gasteiger partial charge is 0.428 e. The van der Waals surface area contributed by atoms with Crippen LogP contribution in [-0.4, -0.2) is 38.1 Å². The van der Waals surface area contributed by atoms with Crippen molar-refractivity contribution in [3.63, 3.8) is 0 Å². The molecule has 2 N–H and O–H groups in total. The van der Waals surface area contributed by atoms with Gasteiger partial charge < -0.3 is 20.1 Å². The zero-order chi connectivity index (χ0) is 15.3. The van der Waals surface area contributed by atoms with Crippen molar-refractivity contribution in [2.24, 2.45) is 0 Å². The molecule has 1 aromatic carbocycles. The average Bonchev–Trinajstić information content (AvgIpc) is 2.75. The fourth-order valence-corrected chi connectivity index (χ4v) is 2.74. The lowest BCUT2D eigenvalue weighted by Gasteiger charge is -2.30. The number of rotatable bonds is 1. The molecule has 0 amide bonds. The molecule has 7 heteroatoms. The number of nitrogens with two attached hydrogens (primary N) is 1. The maximum Gasteiger partial charge on any atom is 0.428 e. The zero-order valence-corrected chi connectivity index (χ0v) is 11.7. The Kier molecular flexibility index (Phi) is 3.20. The maximum atomic E-state index is 13.1. The lowest BCUT2D eigenvalue weighted by Crippen LogP contribution is -2.46. The largest absolute Gasteiger partial charge is 0.477 e. The van der Waals surface area contributed by atoms with Gasteiger partial charge in [0.1, 0.15) is 5.75 Å². The second-order valence-corrected chi connectivity index (χ2v) is 5.63. The third kappa shape index (κ3) is 2.39. The molecule has 0 spiro atoms. The van der Waals surface area contributed by atoms with Gasteiger partial charge in [0.2, 0.25) is 5.60 Å². The van der Waals surface area contributed by atoms with Gasteiger partial charge in [-0.3, -0.25) is 0 Å². The number of nitrogens with zero attached hydrogens (tertiary/aromatic N) is 1. The number of ether oxygens (including phenoxy) is 2. The Morgan fingerprint density at radius 3 is 2.52 bits per heavy atom. The Hall–Kier alpha value is -1.63. The molecule has 0 saturated carbocycles. The number of alkyl halides is 3. The van der Waals surface area contributed by atoms with Crippen LogP contribution in [-0.2, 0) is 11.2 Å². The van der Waals surface area contributed by atoms with Crippen LogP contribution in [0.4, 0.5) is 24.5 Å². The zero-order valence-electron chi connectivity index (χ0n) is 11.7. The van der Waals surface area contributed by atoms with Crippen LogP contribution in [0.15, 0.2) is 12.1 Å². The van der Waals surface area contributed by atoms with Crippen molar-refractivity contribution in [3.05, 3.63) is 17.7 Å². The van der Waals surface area contributed by atoms with Gasteiger partial charge in [-0.1, -0.05) is 0 Å².